The molecule has 0 bridgehead atoms. The number of fused-ring (bicyclic) bond motifs is 1. The van der Waals surface area contributed by atoms with Gasteiger partial charge < -0.3 is 4.74 Å². The molecule has 4 rings (SSSR count). The highest BCUT2D eigenvalue weighted by molar-refractivity contribution is 9.10. The molecule has 0 radical (unpaired) electrons. The maximum atomic E-state index is 12.2. The largest absolute Gasteiger partial charge is 0.438 e. The Balaban J connectivity index is 1.63. The van der Waals surface area contributed by atoms with Crippen molar-refractivity contribution in [3.63, 3.8) is 0 Å². The molecule has 28 heavy (non-hydrogen) atoms. The summed E-state index contributed by atoms with van der Waals surface area (Å²) < 4.78 is 30.1. The lowest BCUT2D eigenvalue weighted by Gasteiger charge is -2.32. The van der Waals surface area contributed by atoms with Gasteiger partial charge in [-0.05, 0) is 60.3 Å². The fraction of sp³-hybridized carbons (Fsp3) is 0.263. The van der Waals surface area contributed by atoms with Crippen molar-refractivity contribution >= 4 is 32.9 Å². The number of aromatic nitrogens is 3. The Labute approximate surface area is 173 Å². The highest BCUT2D eigenvalue weighted by Crippen LogP contribution is 2.39. The summed E-state index contributed by atoms with van der Waals surface area (Å²) in [6.45, 7) is 2.01. The number of hydrogen-bond donors (Lipinski definition) is 2. The van der Waals surface area contributed by atoms with Crippen LogP contribution in [0.3, 0.4) is 0 Å². The number of ether oxygens (including phenoxy) is 1. The molecule has 2 atom stereocenters. The third-order valence-corrected chi connectivity index (χ3v) is 6.12. The SMILES string of the molecule is Cc1ccc(Oc2ncc(N(C3CCCc4[nH]ncc43)S(=O)O)cc2Br)cc1. The van der Waals surface area contributed by atoms with Crippen LogP contribution in [0.15, 0.2) is 47.2 Å². The number of aromatic amines is 1. The van der Waals surface area contributed by atoms with Crippen molar-refractivity contribution in [1.82, 2.24) is 15.2 Å². The van der Waals surface area contributed by atoms with Crippen molar-refractivity contribution in [2.24, 2.45) is 0 Å². The first-order chi connectivity index (χ1) is 13.5. The van der Waals surface area contributed by atoms with Gasteiger partial charge in [-0.15, -0.1) is 0 Å². The molecule has 7 nitrogen and oxygen atoms in total. The monoisotopic (exact) mass is 462 g/mol. The van der Waals surface area contributed by atoms with Gasteiger partial charge in [0.25, 0.3) is 11.3 Å². The number of anilines is 1. The molecule has 0 aliphatic heterocycles. The minimum absolute atomic E-state index is 0.245. The average Bonchev–Trinajstić information content (AvgIpc) is 3.15. The van der Waals surface area contributed by atoms with Gasteiger partial charge in [-0.25, -0.2) is 9.19 Å². The van der Waals surface area contributed by atoms with Crippen molar-refractivity contribution in [3.05, 3.63) is 64.0 Å². The van der Waals surface area contributed by atoms with E-state index in [0.29, 0.717) is 21.8 Å². The maximum Gasteiger partial charge on any atom is 0.262 e. The first-order valence-corrected chi connectivity index (χ1v) is 10.7. The van der Waals surface area contributed by atoms with E-state index in [1.165, 1.54) is 4.31 Å². The van der Waals surface area contributed by atoms with Crippen LogP contribution in [0.2, 0.25) is 0 Å². The molecule has 0 amide bonds. The number of rotatable bonds is 5. The zero-order valence-corrected chi connectivity index (χ0v) is 17.5. The minimum atomic E-state index is -2.21. The second kappa shape index (κ2) is 8.02. The Hall–Kier alpha value is -2.23. The highest BCUT2D eigenvalue weighted by atomic mass is 79.9. The van der Waals surface area contributed by atoms with Crippen LogP contribution in [0.1, 0.15) is 35.7 Å². The summed E-state index contributed by atoms with van der Waals surface area (Å²) in [7, 11) is 0. The summed E-state index contributed by atoms with van der Waals surface area (Å²) >= 11 is 1.26. The Kier molecular flexibility index (Phi) is 5.47. The van der Waals surface area contributed by atoms with E-state index in [2.05, 4.69) is 31.1 Å². The molecule has 0 spiro atoms. The van der Waals surface area contributed by atoms with E-state index in [4.69, 9.17) is 4.74 Å². The van der Waals surface area contributed by atoms with Gasteiger partial charge in [0.05, 0.1) is 28.6 Å². The minimum Gasteiger partial charge on any atom is -0.438 e. The zero-order chi connectivity index (χ0) is 19.7. The molecule has 0 saturated heterocycles. The number of H-pyrrole nitrogens is 1. The van der Waals surface area contributed by atoms with Gasteiger partial charge in [0.15, 0.2) is 0 Å². The van der Waals surface area contributed by atoms with E-state index in [-0.39, 0.29) is 6.04 Å². The number of pyridine rings is 1. The second-order valence-corrected chi connectivity index (χ2v) is 8.37. The number of halogens is 1. The topological polar surface area (TPSA) is 91.3 Å². The lowest BCUT2D eigenvalue weighted by Crippen LogP contribution is -2.32. The normalized spacial score (nSPS) is 17.0. The fourth-order valence-electron chi connectivity index (χ4n) is 3.39. The molecule has 9 heteroatoms. The van der Waals surface area contributed by atoms with Crippen LogP contribution in [-0.2, 0) is 17.7 Å². The third-order valence-electron chi connectivity index (χ3n) is 4.75. The van der Waals surface area contributed by atoms with Crippen molar-refractivity contribution < 1.29 is 13.5 Å². The predicted octanol–water partition coefficient (Wildman–Crippen LogP) is 4.69. The summed E-state index contributed by atoms with van der Waals surface area (Å²) in [5, 5.41) is 7.08. The first-order valence-electron chi connectivity index (χ1n) is 8.85. The maximum absolute atomic E-state index is 12.2. The lowest BCUT2D eigenvalue weighted by molar-refractivity contribution is 0.459. The summed E-state index contributed by atoms with van der Waals surface area (Å²) in [6, 6.07) is 9.16. The van der Waals surface area contributed by atoms with E-state index in [0.717, 1.165) is 36.1 Å². The predicted molar refractivity (Wildman–Crippen MR) is 111 cm³/mol. The van der Waals surface area contributed by atoms with Crippen LogP contribution >= 0.6 is 15.9 Å². The van der Waals surface area contributed by atoms with Crippen molar-refractivity contribution in [3.8, 4) is 11.6 Å². The Morgan fingerprint density at radius 2 is 2.11 bits per heavy atom. The smallest absolute Gasteiger partial charge is 0.262 e. The molecule has 3 aromatic rings. The molecular weight excluding hydrogens is 444 g/mol. The van der Waals surface area contributed by atoms with Crippen LogP contribution < -0.4 is 9.04 Å². The fourth-order valence-corrected chi connectivity index (χ4v) is 4.52. The Bertz CT molecular complexity index is 1010. The number of hydrogen-bond acceptors (Lipinski definition) is 4. The van der Waals surface area contributed by atoms with Gasteiger partial charge in [0.2, 0.25) is 5.88 Å². The zero-order valence-electron chi connectivity index (χ0n) is 15.1. The highest BCUT2D eigenvalue weighted by Gasteiger charge is 2.31. The number of nitrogens with one attached hydrogen (secondary N) is 1. The number of benzene rings is 1. The van der Waals surface area contributed by atoms with Gasteiger partial charge in [0.1, 0.15) is 5.75 Å². The molecule has 2 aromatic heterocycles. The van der Waals surface area contributed by atoms with Crippen LogP contribution in [0.25, 0.3) is 0 Å². The molecule has 2 N–H and O–H groups in total. The van der Waals surface area contributed by atoms with Gasteiger partial charge in [0, 0.05) is 11.3 Å². The van der Waals surface area contributed by atoms with Gasteiger partial charge in [-0.1, -0.05) is 17.7 Å². The summed E-state index contributed by atoms with van der Waals surface area (Å²) in [4.78, 5) is 4.36. The van der Waals surface area contributed by atoms with Crippen molar-refractivity contribution in [2.75, 3.05) is 4.31 Å². The quantitative estimate of drug-likeness (QED) is 0.536. The Morgan fingerprint density at radius 3 is 2.82 bits per heavy atom. The van der Waals surface area contributed by atoms with Crippen LogP contribution in [0.4, 0.5) is 5.69 Å². The molecule has 2 heterocycles. The van der Waals surface area contributed by atoms with Gasteiger partial charge >= 0.3 is 0 Å². The van der Waals surface area contributed by atoms with E-state index >= 15 is 0 Å². The van der Waals surface area contributed by atoms with Crippen LogP contribution in [0, 0.1) is 6.92 Å². The van der Waals surface area contributed by atoms with Gasteiger partial charge in [-0.2, -0.15) is 5.10 Å². The Morgan fingerprint density at radius 1 is 1.32 bits per heavy atom. The van der Waals surface area contributed by atoms with E-state index in [9.17, 15) is 8.76 Å². The molecule has 0 fully saturated rings. The lowest BCUT2D eigenvalue weighted by atomic mass is 9.93. The van der Waals surface area contributed by atoms with Crippen LogP contribution in [-0.4, -0.2) is 23.9 Å². The second-order valence-electron chi connectivity index (χ2n) is 6.66. The van der Waals surface area contributed by atoms with E-state index in [1.54, 1.807) is 18.5 Å². The van der Waals surface area contributed by atoms with Gasteiger partial charge in [-0.3, -0.25) is 14.0 Å². The van der Waals surface area contributed by atoms with Crippen molar-refractivity contribution in [2.45, 2.75) is 32.2 Å². The molecule has 1 aliphatic carbocycles. The summed E-state index contributed by atoms with van der Waals surface area (Å²) in [5.41, 5.74) is 3.63. The molecule has 2 unspecified atom stereocenters. The molecule has 1 aromatic carbocycles. The third kappa shape index (κ3) is 3.82. The standard InChI is InChI=1S/C19H19BrN4O3S/c1-12-5-7-14(8-6-12)27-19-16(20)9-13(10-21-19)24(28(25)26)18-4-2-3-17-15(18)11-22-23-17/h5-11,18H,2-4H2,1H3,(H,22,23)(H,25,26). The van der Waals surface area contributed by atoms with Crippen molar-refractivity contribution in [1.29, 1.82) is 0 Å². The van der Waals surface area contributed by atoms with Crippen LogP contribution in [0.5, 0.6) is 11.6 Å². The van der Waals surface area contributed by atoms with E-state index < -0.39 is 11.3 Å². The molecule has 1 aliphatic rings. The average molecular weight is 463 g/mol. The molecule has 0 saturated carbocycles. The number of aryl methyl sites for hydroxylation is 2. The summed E-state index contributed by atoms with van der Waals surface area (Å²) in [5.74, 6) is 1.06. The summed E-state index contributed by atoms with van der Waals surface area (Å²) in [6.07, 6.45) is 5.85. The molecular formula is C19H19BrN4O3S. The number of nitrogens with zero attached hydrogens (tertiary/aromatic N) is 3. The first kappa shape index (κ1) is 19.1. The van der Waals surface area contributed by atoms with E-state index in [1.807, 2.05) is 31.2 Å². The molecule has 146 valence electrons.